The third-order valence-electron chi connectivity index (χ3n) is 5.30. The van der Waals surface area contributed by atoms with Crippen molar-refractivity contribution in [3.8, 4) is 5.75 Å². The average Bonchev–Trinajstić information content (AvgIpc) is 2.81. The molecule has 1 aliphatic rings. The van der Waals surface area contributed by atoms with Gasteiger partial charge in [-0.3, -0.25) is 14.5 Å². The van der Waals surface area contributed by atoms with Gasteiger partial charge in [-0.25, -0.2) is 9.69 Å². The third-order valence-corrected chi connectivity index (χ3v) is 5.30. The number of carbonyl (C=O) groups is 3. The van der Waals surface area contributed by atoms with Gasteiger partial charge in [0.25, 0.3) is 0 Å². The summed E-state index contributed by atoms with van der Waals surface area (Å²) in [6.45, 7) is 0.105. The number of amides is 4. The van der Waals surface area contributed by atoms with Gasteiger partial charge in [-0.2, -0.15) is 0 Å². The summed E-state index contributed by atoms with van der Waals surface area (Å²) in [6, 6.07) is 24.6. The normalized spacial score (nSPS) is 16.5. The number of barbiturate groups is 1. The van der Waals surface area contributed by atoms with E-state index in [2.05, 4.69) is 0 Å². The van der Waals surface area contributed by atoms with Crippen molar-refractivity contribution < 1.29 is 19.1 Å². The van der Waals surface area contributed by atoms with E-state index in [4.69, 9.17) is 4.74 Å². The van der Waals surface area contributed by atoms with Gasteiger partial charge in [-0.15, -0.1) is 0 Å². The topological polar surface area (TPSA) is 66.9 Å². The van der Waals surface area contributed by atoms with Crippen LogP contribution in [-0.4, -0.2) is 29.9 Å². The quantitative estimate of drug-likeness (QED) is 0.571. The second-order valence-corrected chi connectivity index (χ2v) is 7.31. The summed E-state index contributed by atoms with van der Waals surface area (Å²) in [5, 5.41) is 0. The summed E-state index contributed by atoms with van der Waals surface area (Å²) in [7, 11) is 1.58. The van der Waals surface area contributed by atoms with Gasteiger partial charge in [0.2, 0.25) is 11.8 Å². The molecule has 0 aromatic heterocycles. The molecule has 0 bridgehead atoms. The molecule has 4 rings (SSSR count). The number of ether oxygens (including phenoxy) is 1. The Hall–Kier alpha value is -3.93. The smallest absolute Gasteiger partial charge is 0.338 e. The first kappa shape index (κ1) is 20.3. The molecule has 6 nitrogen and oxygen atoms in total. The van der Waals surface area contributed by atoms with Gasteiger partial charge in [0.05, 0.1) is 19.3 Å². The Labute approximate surface area is 180 Å². The molecule has 1 saturated heterocycles. The fourth-order valence-electron chi connectivity index (χ4n) is 3.66. The average molecular weight is 414 g/mol. The van der Waals surface area contributed by atoms with E-state index in [9.17, 15) is 14.4 Å². The fraction of sp³-hybridized carbons (Fsp3) is 0.160. The number of carbonyl (C=O) groups excluding carboxylic acids is 3. The Balaban J connectivity index is 1.69. The first-order valence-electron chi connectivity index (χ1n) is 9.99. The van der Waals surface area contributed by atoms with E-state index in [-0.39, 0.29) is 13.0 Å². The zero-order valence-corrected chi connectivity index (χ0v) is 17.1. The first-order valence-corrected chi connectivity index (χ1v) is 9.99. The molecule has 0 N–H and O–H groups in total. The molecular formula is C25H22N2O4. The van der Waals surface area contributed by atoms with Gasteiger partial charge < -0.3 is 4.74 Å². The van der Waals surface area contributed by atoms with Gasteiger partial charge in [-0.1, -0.05) is 60.7 Å². The van der Waals surface area contributed by atoms with Gasteiger partial charge >= 0.3 is 6.03 Å². The van der Waals surface area contributed by atoms with Crippen molar-refractivity contribution in [1.29, 1.82) is 0 Å². The van der Waals surface area contributed by atoms with Crippen LogP contribution in [0.2, 0.25) is 0 Å². The number of hydrogen-bond acceptors (Lipinski definition) is 4. The Bertz CT molecular complexity index is 1080. The monoisotopic (exact) mass is 414 g/mol. The number of rotatable bonds is 6. The number of anilines is 1. The van der Waals surface area contributed by atoms with E-state index >= 15 is 0 Å². The van der Waals surface area contributed by atoms with E-state index in [0.717, 1.165) is 20.9 Å². The first-order chi connectivity index (χ1) is 15.1. The highest BCUT2D eigenvalue weighted by atomic mass is 16.5. The fourth-order valence-corrected chi connectivity index (χ4v) is 3.66. The molecule has 31 heavy (non-hydrogen) atoms. The summed E-state index contributed by atoms with van der Waals surface area (Å²) < 4.78 is 5.18. The van der Waals surface area contributed by atoms with Crippen LogP contribution < -0.4 is 9.64 Å². The second kappa shape index (κ2) is 8.83. The molecule has 0 spiro atoms. The van der Waals surface area contributed by atoms with Crippen LogP contribution in [0.15, 0.2) is 84.9 Å². The van der Waals surface area contributed by atoms with Crippen LogP contribution >= 0.6 is 0 Å². The van der Waals surface area contributed by atoms with Crippen molar-refractivity contribution in [3.05, 3.63) is 96.1 Å². The molecule has 3 aromatic carbocycles. The van der Waals surface area contributed by atoms with Gasteiger partial charge in [0.15, 0.2) is 0 Å². The van der Waals surface area contributed by atoms with Crippen LogP contribution in [0.5, 0.6) is 5.75 Å². The highest BCUT2D eigenvalue weighted by Gasteiger charge is 2.46. The van der Waals surface area contributed by atoms with Gasteiger partial charge in [0.1, 0.15) is 11.7 Å². The van der Waals surface area contributed by atoms with Crippen LogP contribution in [0, 0.1) is 5.92 Å². The number of benzene rings is 3. The molecule has 1 atom stereocenters. The molecule has 1 fully saturated rings. The van der Waals surface area contributed by atoms with E-state index in [1.807, 2.05) is 48.5 Å². The minimum absolute atomic E-state index is 0.105. The maximum Gasteiger partial charge on any atom is 0.338 e. The number of methoxy groups -OCH3 is 1. The number of imide groups is 2. The summed E-state index contributed by atoms with van der Waals surface area (Å²) in [6.07, 6.45) is 0.198. The number of nitrogens with zero attached hydrogens (tertiary/aromatic N) is 2. The Kier molecular flexibility index (Phi) is 5.80. The molecule has 3 aromatic rings. The molecule has 0 saturated carbocycles. The molecular weight excluding hydrogens is 392 g/mol. The zero-order chi connectivity index (χ0) is 21.8. The van der Waals surface area contributed by atoms with Crippen LogP contribution in [0.1, 0.15) is 11.1 Å². The molecule has 1 heterocycles. The Morgan fingerprint density at radius 1 is 0.742 bits per heavy atom. The molecule has 0 aliphatic carbocycles. The van der Waals surface area contributed by atoms with Crippen molar-refractivity contribution in [2.24, 2.45) is 5.92 Å². The van der Waals surface area contributed by atoms with Crippen molar-refractivity contribution in [2.45, 2.75) is 13.0 Å². The minimum Gasteiger partial charge on any atom is -0.497 e. The summed E-state index contributed by atoms with van der Waals surface area (Å²) in [5.74, 6) is -1.30. The van der Waals surface area contributed by atoms with E-state index < -0.39 is 23.8 Å². The lowest BCUT2D eigenvalue weighted by Crippen LogP contribution is -2.60. The lowest BCUT2D eigenvalue weighted by Gasteiger charge is -2.37. The van der Waals surface area contributed by atoms with Crippen LogP contribution in [0.3, 0.4) is 0 Å². The highest BCUT2D eigenvalue weighted by Crippen LogP contribution is 2.28. The Morgan fingerprint density at radius 3 is 1.97 bits per heavy atom. The number of hydrogen-bond donors (Lipinski definition) is 0. The van der Waals surface area contributed by atoms with Crippen molar-refractivity contribution in [2.75, 3.05) is 12.0 Å². The maximum absolute atomic E-state index is 13.3. The minimum atomic E-state index is -0.991. The van der Waals surface area contributed by atoms with E-state index in [0.29, 0.717) is 11.4 Å². The summed E-state index contributed by atoms with van der Waals surface area (Å²) in [4.78, 5) is 42.1. The highest BCUT2D eigenvalue weighted by molar-refractivity contribution is 6.27. The van der Waals surface area contributed by atoms with Crippen molar-refractivity contribution >= 4 is 23.5 Å². The van der Waals surface area contributed by atoms with E-state index in [1.165, 1.54) is 0 Å². The number of urea groups is 1. The lowest BCUT2D eigenvalue weighted by molar-refractivity contribution is -0.141. The number of para-hydroxylation sites is 1. The molecule has 0 radical (unpaired) electrons. The molecule has 156 valence electrons. The second-order valence-electron chi connectivity index (χ2n) is 7.31. The third kappa shape index (κ3) is 4.19. The largest absolute Gasteiger partial charge is 0.497 e. The van der Waals surface area contributed by atoms with Crippen molar-refractivity contribution in [1.82, 2.24) is 4.90 Å². The zero-order valence-electron chi connectivity index (χ0n) is 17.1. The molecule has 4 amide bonds. The maximum atomic E-state index is 13.3. The van der Waals surface area contributed by atoms with Crippen LogP contribution in [0.4, 0.5) is 10.5 Å². The van der Waals surface area contributed by atoms with Gasteiger partial charge in [-0.05, 0) is 41.8 Å². The Morgan fingerprint density at radius 2 is 1.35 bits per heavy atom. The molecule has 1 aliphatic heterocycles. The van der Waals surface area contributed by atoms with Crippen LogP contribution in [-0.2, 0) is 22.6 Å². The predicted octanol–water partition coefficient (Wildman–Crippen LogP) is 4.05. The molecule has 6 heteroatoms. The van der Waals surface area contributed by atoms with Crippen molar-refractivity contribution in [3.63, 3.8) is 0 Å². The summed E-state index contributed by atoms with van der Waals surface area (Å²) >= 11 is 0. The SMILES string of the molecule is COc1ccc(CC2C(=O)N(Cc3ccccc3)C(=O)N(c3ccccc3)C2=O)cc1. The van der Waals surface area contributed by atoms with E-state index in [1.54, 1.807) is 43.5 Å². The van der Waals surface area contributed by atoms with Crippen LogP contribution in [0.25, 0.3) is 0 Å². The lowest BCUT2D eigenvalue weighted by atomic mass is 9.94. The predicted molar refractivity (Wildman–Crippen MR) is 117 cm³/mol. The standard InChI is InChI=1S/C25H22N2O4/c1-31-21-14-12-18(13-15-21)16-22-23(28)26(17-19-8-4-2-5-9-19)25(30)27(24(22)29)20-10-6-3-7-11-20/h2-15,22H,16-17H2,1H3. The molecule has 1 unspecified atom stereocenters. The van der Waals surface area contributed by atoms with Gasteiger partial charge in [0, 0.05) is 0 Å². The summed E-state index contributed by atoms with van der Waals surface area (Å²) in [5.41, 5.74) is 2.08.